The van der Waals surface area contributed by atoms with E-state index in [4.69, 9.17) is 0 Å². The summed E-state index contributed by atoms with van der Waals surface area (Å²) in [5.74, 6) is 0.594. The van der Waals surface area contributed by atoms with Gasteiger partial charge in [0.25, 0.3) is 6.43 Å². The second-order valence-corrected chi connectivity index (χ2v) is 4.78. The lowest BCUT2D eigenvalue weighted by Gasteiger charge is -2.04. The lowest BCUT2D eigenvalue weighted by atomic mass is 10.2. The van der Waals surface area contributed by atoms with Gasteiger partial charge in [0, 0.05) is 13.0 Å². The average molecular weight is 235 g/mol. The van der Waals surface area contributed by atoms with Crippen molar-refractivity contribution in [1.29, 1.82) is 0 Å². The molecular formula is C9H15F2N3S. The standard InChI is InChI=1S/C9H15F2N3S/c1-6(2)5-12-4-3-7-13-14-9(15-7)8(10)11/h6,8,12H,3-5H2,1-2H3. The first-order chi connectivity index (χ1) is 7.09. The summed E-state index contributed by atoms with van der Waals surface area (Å²) in [6, 6.07) is 0. The summed E-state index contributed by atoms with van der Waals surface area (Å²) < 4.78 is 24.3. The molecule has 0 aliphatic carbocycles. The zero-order chi connectivity index (χ0) is 11.3. The zero-order valence-electron chi connectivity index (χ0n) is 8.83. The maximum Gasteiger partial charge on any atom is 0.291 e. The zero-order valence-corrected chi connectivity index (χ0v) is 9.65. The van der Waals surface area contributed by atoms with Crippen molar-refractivity contribution in [2.45, 2.75) is 26.7 Å². The Morgan fingerprint density at radius 3 is 2.60 bits per heavy atom. The van der Waals surface area contributed by atoms with Crippen molar-refractivity contribution in [2.75, 3.05) is 13.1 Å². The van der Waals surface area contributed by atoms with Gasteiger partial charge in [-0.15, -0.1) is 10.2 Å². The van der Waals surface area contributed by atoms with E-state index in [0.29, 0.717) is 17.3 Å². The first kappa shape index (κ1) is 12.4. The highest BCUT2D eigenvalue weighted by atomic mass is 32.1. The molecule has 15 heavy (non-hydrogen) atoms. The van der Waals surface area contributed by atoms with Crippen LogP contribution in [0, 0.1) is 5.92 Å². The second-order valence-electron chi connectivity index (χ2n) is 3.68. The minimum absolute atomic E-state index is 0.186. The third-order valence-electron chi connectivity index (χ3n) is 1.74. The molecule has 0 fully saturated rings. The molecule has 0 saturated carbocycles. The highest BCUT2D eigenvalue weighted by Gasteiger charge is 2.13. The molecule has 6 heteroatoms. The van der Waals surface area contributed by atoms with Gasteiger partial charge in [0.05, 0.1) is 0 Å². The van der Waals surface area contributed by atoms with Crippen molar-refractivity contribution in [2.24, 2.45) is 5.92 Å². The van der Waals surface area contributed by atoms with Crippen molar-refractivity contribution in [3.8, 4) is 0 Å². The molecule has 1 aromatic heterocycles. The maximum atomic E-state index is 12.2. The van der Waals surface area contributed by atoms with E-state index in [1.54, 1.807) is 0 Å². The van der Waals surface area contributed by atoms with Crippen molar-refractivity contribution < 1.29 is 8.78 Å². The monoisotopic (exact) mass is 235 g/mol. The fourth-order valence-corrected chi connectivity index (χ4v) is 1.74. The summed E-state index contributed by atoms with van der Waals surface area (Å²) in [4.78, 5) is 0. The van der Waals surface area contributed by atoms with Gasteiger partial charge < -0.3 is 5.32 Å². The number of nitrogens with one attached hydrogen (secondary N) is 1. The molecule has 0 radical (unpaired) electrons. The van der Waals surface area contributed by atoms with Crippen LogP contribution < -0.4 is 5.32 Å². The largest absolute Gasteiger partial charge is 0.316 e. The van der Waals surface area contributed by atoms with E-state index < -0.39 is 6.43 Å². The van der Waals surface area contributed by atoms with Crippen molar-refractivity contribution in [1.82, 2.24) is 15.5 Å². The number of alkyl halides is 2. The van der Waals surface area contributed by atoms with Crippen LogP contribution in [0.15, 0.2) is 0 Å². The Morgan fingerprint density at radius 2 is 2.07 bits per heavy atom. The summed E-state index contributed by atoms with van der Waals surface area (Å²) in [5, 5.41) is 10.8. The summed E-state index contributed by atoms with van der Waals surface area (Å²) in [6.45, 7) is 5.93. The quantitative estimate of drug-likeness (QED) is 0.769. The van der Waals surface area contributed by atoms with Crippen LogP contribution in [0.5, 0.6) is 0 Å². The predicted octanol–water partition coefficient (Wildman–Crippen LogP) is 2.26. The Hall–Kier alpha value is -0.620. The first-order valence-electron chi connectivity index (χ1n) is 4.90. The Morgan fingerprint density at radius 1 is 1.33 bits per heavy atom. The molecule has 1 aromatic rings. The smallest absolute Gasteiger partial charge is 0.291 e. The Labute approximate surface area is 91.9 Å². The SMILES string of the molecule is CC(C)CNCCc1nnc(C(F)F)s1. The number of hydrogen-bond donors (Lipinski definition) is 1. The lowest BCUT2D eigenvalue weighted by molar-refractivity contribution is 0.150. The highest BCUT2D eigenvalue weighted by molar-refractivity contribution is 7.11. The van der Waals surface area contributed by atoms with E-state index in [0.717, 1.165) is 24.4 Å². The van der Waals surface area contributed by atoms with Crippen LogP contribution in [0.1, 0.15) is 30.3 Å². The lowest BCUT2D eigenvalue weighted by Crippen LogP contribution is -2.22. The summed E-state index contributed by atoms with van der Waals surface area (Å²) >= 11 is 0.988. The molecule has 3 nitrogen and oxygen atoms in total. The number of nitrogens with zero attached hydrogens (tertiary/aromatic N) is 2. The van der Waals surface area contributed by atoms with E-state index in [1.165, 1.54) is 0 Å². The highest BCUT2D eigenvalue weighted by Crippen LogP contribution is 2.22. The van der Waals surface area contributed by atoms with Crippen LogP contribution in [0.25, 0.3) is 0 Å². The van der Waals surface area contributed by atoms with Gasteiger partial charge in [-0.05, 0) is 12.5 Å². The van der Waals surface area contributed by atoms with E-state index >= 15 is 0 Å². The van der Waals surface area contributed by atoms with E-state index in [1.807, 2.05) is 0 Å². The number of aromatic nitrogens is 2. The molecule has 1 heterocycles. The third-order valence-corrected chi connectivity index (χ3v) is 2.73. The predicted molar refractivity (Wildman–Crippen MR) is 56.3 cm³/mol. The Kier molecular flexibility index (Phi) is 5.04. The summed E-state index contributed by atoms with van der Waals surface area (Å²) in [7, 11) is 0. The molecule has 0 aromatic carbocycles. The van der Waals surface area contributed by atoms with Crippen molar-refractivity contribution >= 4 is 11.3 Å². The van der Waals surface area contributed by atoms with Crippen molar-refractivity contribution in [3.63, 3.8) is 0 Å². The van der Waals surface area contributed by atoms with Crippen LogP contribution in [-0.4, -0.2) is 23.3 Å². The van der Waals surface area contributed by atoms with Crippen LogP contribution in [-0.2, 0) is 6.42 Å². The van der Waals surface area contributed by atoms with Crippen LogP contribution in [0.4, 0.5) is 8.78 Å². The molecule has 0 unspecified atom stereocenters. The molecule has 0 bridgehead atoms. The molecule has 0 amide bonds. The fourth-order valence-electron chi connectivity index (χ4n) is 1.04. The van der Waals surface area contributed by atoms with Gasteiger partial charge in [-0.25, -0.2) is 8.78 Å². The molecule has 0 aliphatic heterocycles. The molecule has 86 valence electrons. The fraction of sp³-hybridized carbons (Fsp3) is 0.778. The minimum atomic E-state index is -2.50. The van der Waals surface area contributed by atoms with Crippen LogP contribution >= 0.6 is 11.3 Å². The van der Waals surface area contributed by atoms with E-state index in [9.17, 15) is 8.78 Å². The third kappa shape index (κ3) is 4.61. The number of hydrogen-bond acceptors (Lipinski definition) is 4. The maximum absolute atomic E-state index is 12.2. The molecule has 1 N–H and O–H groups in total. The van der Waals surface area contributed by atoms with Gasteiger partial charge in [0.1, 0.15) is 5.01 Å². The molecule has 0 aliphatic rings. The molecule has 0 spiro atoms. The average Bonchev–Trinajstić information content (AvgIpc) is 2.60. The topological polar surface area (TPSA) is 37.8 Å². The summed E-state index contributed by atoms with van der Waals surface area (Å²) in [5.41, 5.74) is 0. The van der Waals surface area contributed by atoms with Gasteiger partial charge in [-0.1, -0.05) is 25.2 Å². The molecule has 0 saturated heterocycles. The van der Waals surface area contributed by atoms with Crippen LogP contribution in [0.2, 0.25) is 0 Å². The Bertz CT molecular complexity index is 289. The second kappa shape index (κ2) is 6.07. The number of halogens is 2. The van der Waals surface area contributed by atoms with Gasteiger partial charge >= 0.3 is 0 Å². The van der Waals surface area contributed by atoms with E-state index in [2.05, 4.69) is 29.4 Å². The molecular weight excluding hydrogens is 220 g/mol. The molecule has 1 rings (SSSR count). The first-order valence-corrected chi connectivity index (χ1v) is 5.72. The van der Waals surface area contributed by atoms with Gasteiger partial charge in [0.2, 0.25) is 0 Å². The minimum Gasteiger partial charge on any atom is -0.316 e. The van der Waals surface area contributed by atoms with Crippen molar-refractivity contribution in [3.05, 3.63) is 10.0 Å². The van der Waals surface area contributed by atoms with Gasteiger partial charge in [-0.2, -0.15) is 0 Å². The Balaban J connectivity index is 2.26. The van der Waals surface area contributed by atoms with Crippen LogP contribution in [0.3, 0.4) is 0 Å². The van der Waals surface area contributed by atoms with E-state index in [-0.39, 0.29) is 5.01 Å². The molecule has 0 atom stereocenters. The van der Waals surface area contributed by atoms with Gasteiger partial charge in [-0.3, -0.25) is 0 Å². The number of rotatable bonds is 6. The normalized spacial score (nSPS) is 11.6. The summed E-state index contributed by atoms with van der Waals surface area (Å²) in [6.07, 6.45) is -1.84. The van der Waals surface area contributed by atoms with Gasteiger partial charge in [0.15, 0.2) is 5.01 Å².